The SMILES string of the molecule is Cc1ccc(S(=O)(=O)N(CC(=O)N(Cc2ccc(F)cc2)C(Cc2ccccc2)C(=O)NCC(C)C)c2ccc(Cl)c(C(F)(F)F)c2)cc1. The number of carbonyl (C=O) groups excluding carboxylic acids is 2. The van der Waals surface area contributed by atoms with E-state index in [-0.39, 0.29) is 30.3 Å². The first-order valence-electron chi connectivity index (χ1n) is 15.4. The van der Waals surface area contributed by atoms with E-state index < -0.39 is 62.7 Å². The number of alkyl halides is 3. The van der Waals surface area contributed by atoms with Crippen molar-refractivity contribution in [3.63, 3.8) is 0 Å². The lowest BCUT2D eigenvalue weighted by Crippen LogP contribution is -2.53. The molecular formula is C36H36ClF4N3O4S. The Hall–Kier alpha value is -4.42. The van der Waals surface area contributed by atoms with Crippen LogP contribution in [0.4, 0.5) is 23.2 Å². The minimum Gasteiger partial charge on any atom is -0.354 e. The van der Waals surface area contributed by atoms with E-state index in [4.69, 9.17) is 11.6 Å². The maximum atomic E-state index is 14.5. The average Bonchev–Trinajstić information content (AvgIpc) is 3.05. The van der Waals surface area contributed by atoms with E-state index in [0.717, 1.165) is 17.7 Å². The average molecular weight is 718 g/mol. The highest BCUT2D eigenvalue weighted by Crippen LogP contribution is 2.38. The quantitative estimate of drug-likeness (QED) is 0.146. The number of carbonyl (C=O) groups is 2. The predicted molar refractivity (Wildman–Crippen MR) is 181 cm³/mol. The fourth-order valence-electron chi connectivity index (χ4n) is 5.01. The van der Waals surface area contributed by atoms with Crippen LogP contribution in [0.2, 0.25) is 5.02 Å². The topological polar surface area (TPSA) is 86.8 Å². The largest absolute Gasteiger partial charge is 0.417 e. The minimum atomic E-state index is -4.93. The van der Waals surface area contributed by atoms with Gasteiger partial charge in [0.05, 0.1) is 21.2 Å². The first kappa shape index (κ1) is 37.4. The van der Waals surface area contributed by atoms with Gasteiger partial charge < -0.3 is 10.2 Å². The van der Waals surface area contributed by atoms with Crippen molar-refractivity contribution in [2.75, 3.05) is 17.4 Å². The Bertz CT molecular complexity index is 1850. The van der Waals surface area contributed by atoms with Crippen molar-refractivity contribution in [3.8, 4) is 0 Å². The molecule has 0 spiro atoms. The number of hydrogen-bond acceptors (Lipinski definition) is 4. The number of sulfonamides is 1. The first-order chi connectivity index (χ1) is 23.1. The van der Waals surface area contributed by atoms with Gasteiger partial charge in [-0.05, 0) is 66.4 Å². The zero-order valence-corrected chi connectivity index (χ0v) is 28.6. The molecule has 0 aliphatic rings. The number of aryl methyl sites for hydroxylation is 1. The summed E-state index contributed by atoms with van der Waals surface area (Å²) in [4.78, 5) is 29.2. The molecule has 260 valence electrons. The maximum absolute atomic E-state index is 14.5. The summed E-state index contributed by atoms with van der Waals surface area (Å²) in [5, 5.41) is 2.19. The number of nitrogens with zero attached hydrogens (tertiary/aromatic N) is 2. The molecule has 49 heavy (non-hydrogen) atoms. The molecule has 0 aliphatic heterocycles. The lowest BCUT2D eigenvalue weighted by Gasteiger charge is -2.34. The van der Waals surface area contributed by atoms with Gasteiger partial charge in [0.15, 0.2) is 0 Å². The third-order valence-electron chi connectivity index (χ3n) is 7.65. The van der Waals surface area contributed by atoms with E-state index in [1.54, 1.807) is 37.3 Å². The van der Waals surface area contributed by atoms with Crippen LogP contribution in [-0.4, -0.2) is 44.3 Å². The summed E-state index contributed by atoms with van der Waals surface area (Å²) in [5.41, 5.74) is 0.107. The van der Waals surface area contributed by atoms with Crippen molar-refractivity contribution >= 4 is 39.1 Å². The van der Waals surface area contributed by atoms with Crippen LogP contribution in [0, 0.1) is 18.7 Å². The molecule has 0 aliphatic carbocycles. The molecule has 13 heteroatoms. The van der Waals surface area contributed by atoms with Crippen LogP contribution in [0.1, 0.15) is 36.1 Å². The molecule has 1 unspecified atom stereocenters. The molecule has 4 rings (SSSR count). The van der Waals surface area contributed by atoms with Crippen LogP contribution >= 0.6 is 11.6 Å². The molecule has 0 heterocycles. The van der Waals surface area contributed by atoms with Crippen molar-refractivity contribution < 1.29 is 35.6 Å². The molecule has 0 radical (unpaired) electrons. The zero-order chi connectivity index (χ0) is 35.9. The fourth-order valence-corrected chi connectivity index (χ4v) is 6.65. The van der Waals surface area contributed by atoms with Gasteiger partial charge in [-0.1, -0.05) is 85.6 Å². The van der Waals surface area contributed by atoms with Crippen LogP contribution in [-0.2, 0) is 38.8 Å². The van der Waals surface area contributed by atoms with E-state index in [1.165, 1.54) is 53.4 Å². The lowest BCUT2D eigenvalue weighted by molar-refractivity contribution is -0.140. The van der Waals surface area contributed by atoms with Crippen molar-refractivity contribution in [2.45, 2.75) is 50.9 Å². The minimum absolute atomic E-state index is 0.0293. The normalized spacial score (nSPS) is 12.4. The Morgan fingerprint density at radius 3 is 2.10 bits per heavy atom. The van der Waals surface area contributed by atoms with Crippen molar-refractivity contribution in [3.05, 3.63) is 130 Å². The second-order valence-corrected chi connectivity index (χ2v) is 14.2. The van der Waals surface area contributed by atoms with Crippen LogP contribution < -0.4 is 9.62 Å². The Kier molecular flexibility index (Phi) is 12.1. The molecule has 4 aromatic rings. The van der Waals surface area contributed by atoms with Crippen LogP contribution in [0.15, 0.2) is 102 Å². The molecule has 0 bridgehead atoms. The van der Waals surface area contributed by atoms with Gasteiger partial charge >= 0.3 is 6.18 Å². The summed E-state index contributed by atoms with van der Waals surface area (Å²) < 4.78 is 84.5. The number of hydrogen-bond donors (Lipinski definition) is 1. The predicted octanol–water partition coefficient (Wildman–Crippen LogP) is 7.41. The number of amides is 2. The Balaban J connectivity index is 1.86. The second kappa shape index (κ2) is 15.9. The third-order valence-corrected chi connectivity index (χ3v) is 9.77. The van der Waals surface area contributed by atoms with Crippen molar-refractivity contribution in [1.29, 1.82) is 0 Å². The van der Waals surface area contributed by atoms with Gasteiger partial charge in [0.2, 0.25) is 11.8 Å². The Morgan fingerprint density at radius 2 is 1.51 bits per heavy atom. The van der Waals surface area contributed by atoms with E-state index in [9.17, 15) is 35.6 Å². The number of nitrogens with one attached hydrogen (secondary N) is 1. The van der Waals surface area contributed by atoms with Crippen molar-refractivity contribution in [1.82, 2.24) is 10.2 Å². The number of rotatable bonds is 13. The molecule has 0 saturated carbocycles. The number of benzene rings is 4. The highest BCUT2D eigenvalue weighted by Gasteiger charge is 2.37. The van der Waals surface area contributed by atoms with Gasteiger partial charge in [-0.2, -0.15) is 13.2 Å². The number of halogens is 5. The molecule has 2 amide bonds. The second-order valence-electron chi connectivity index (χ2n) is 12.0. The molecule has 0 saturated heterocycles. The van der Waals surface area contributed by atoms with Gasteiger partial charge in [-0.15, -0.1) is 0 Å². The number of anilines is 1. The standard InChI is InChI=1S/C36H36ClF4N3O4S/c1-24(2)21-42-35(46)33(19-26-7-5-4-6-8-26)43(22-27-11-13-28(38)14-12-27)34(45)23-44(49(47,48)30-16-9-25(3)10-17-30)29-15-18-32(37)31(20-29)36(39,40)41/h4-18,20,24,33H,19,21-23H2,1-3H3,(H,42,46). The molecule has 4 aromatic carbocycles. The lowest BCUT2D eigenvalue weighted by atomic mass is 10.0. The van der Waals surface area contributed by atoms with Gasteiger partial charge in [0, 0.05) is 19.5 Å². The van der Waals surface area contributed by atoms with E-state index >= 15 is 0 Å². The van der Waals surface area contributed by atoms with Crippen LogP contribution in [0.3, 0.4) is 0 Å². The van der Waals surface area contributed by atoms with Gasteiger partial charge in [0.25, 0.3) is 10.0 Å². The van der Waals surface area contributed by atoms with Crippen LogP contribution in [0.5, 0.6) is 0 Å². The summed E-state index contributed by atoms with van der Waals surface area (Å²) in [7, 11) is -4.65. The fraction of sp³-hybridized carbons (Fsp3) is 0.278. The van der Waals surface area contributed by atoms with Gasteiger partial charge in [0.1, 0.15) is 18.4 Å². The Labute approximate surface area is 288 Å². The first-order valence-corrected chi connectivity index (χ1v) is 17.2. The molecular weight excluding hydrogens is 682 g/mol. The smallest absolute Gasteiger partial charge is 0.354 e. The third kappa shape index (κ3) is 9.82. The monoisotopic (exact) mass is 717 g/mol. The van der Waals surface area contributed by atoms with E-state index in [1.807, 2.05) is 13.8 Å². The summed E-state index contributed by atoms with van der Waals surface area (Å²) in [6.07, 6.45) is -4.90. The maximum Gasteiger partial charge on any atom is 0.417 e. The highest BCUT2D eigenvalue weighted by molar-refractivity contribution is 7.92. The summed E-state index contributed by atoms with van der Waals surface area (Å²) in [6, 6.07) is 21.1. The summed E-state index contributed by atoms with van der Waals surface area (Å²) >= 11 is 5.86. The molecule has 7 nitrogen and oxygen atoms in total. The highest BCUT2D eigenvalue weighted by atomic mass is 35.5. The van der Waals surface area contributed by atoms with Gasteiger partial charge in [-0.3, -0.25) is 13.9 Å². The molecule has 1 atom stereocenters. The Morgan fingerprint density at radius 1 is 0.878 bits per heavy atom. The summed E-state index contributed by atoms with van der Waals surface area (Å²) in [6.45, 7) is 4.59. The van der Waals surface area contributed by atoms with Gasteiger partial charge in [-0.25, -0.2) is 12.8 Å². The van der Waals surface area contributed by atoms with Crippen molar-refractivity contribution in [2.24, 2.45) is 5.92 Å². The van der Waals surface area contributed by atoms with E-state index in [0.29, 0.717) is 21.5 Å². The van der Waals surface area contributed by atoms with Crippen LogP contribution in [0.25, 0.3) is 0 Å². The summed E-state index contributed by atoms with van der Waals surface area (Å²) in [5.74, 6) is -1.88. The molecule has 0 fully saturated rings. The molecule has 0 aromatic heterocycles. The molecule has 1 N–H and O–H groups in total. The van der Waals surface area contributed by atoms with E-state index in [2.05, 4.69) is 5.32 Å². The zero-order valence-electron chi connectivity index (χ0n) is 27.0.